The lowest BCUT2D eigenvalue weighted by atomic mass is 9.87. The molecule has 5 aromatic rings. The van der Waals surface area contributed by atoms with Crippen LogP contribution in [0.1, 0.15) is 43.0 Å². The third-order valence-corrected chi connectivity index (χ3v) is 7.26. The van der Waals surface area contributed by atoms with Gasteiger partial charge in [0.2, 0.25) is 0 Å². The van der Waals surface area contributed by atoms with Crippen molar-refractivity contribution in [2.45, 2.75) is 38.6 Å². The second-order valence-electron chi connectivity index (χ2n) is 9.82. The molecule has 6 nitrogen and oxygen atoms in total. The first-order valence-electron chi connectivity index (χ1n) is 12.0. The molecule has 0 saturated heterocycles. The number of rotatable bonds is 3. The van der Waals surface area contributed by atoms with Gasteiger partial charge < -0.3 is 5.73 Å². The number of pyridine rings is 1. The maximum absolute atomic E-state index is 10.3. The topological polar surface area (TPSA) is 92.9 Å². The van der Waals surface area contributed by atoms with Crippen LogP contribution in [0, 0.1) is 24.2 Å². The molecule has 1 unspecified atom stereocenters. The van der Waals surface area contributed by atoms with E-state index in [2.05, 4.69) is 47.3 Å². The summed E-state index contributed by atoms with van der Waals surface area (Å²) in [6.45, 7) is 4.19. The Kier molecular flexibility index (Phi) is 4.91. The van der Waals surface area contributed by atoms with Crippen LogP contribution >= 0.6 is 0 Å². The van der Waals surface area contributed by atoms with E-state index in [9.17, 15) is 5.26 Å². The van der Waals surface area contributed by atoms with Crippen molar-refractivity contribution in [1.29, 1.82) is 5.26 Å². The monoisotopic (exact) mass is 458 g/mol. The number of nitrogens with two attached hydrogens (primary N) is 1. The summed E-state index contributed by atoms with van der Waals surface area (Å²) in [5, 5.41) is 15.6. The molecular weight excluding hydrogens is 432 g/mol. The predicted molar refractivity (Wildman–Crippen MR) is 137 cm³/mol. The smallest absolute Gasteiger partial charge is 0.166 e. The van der Waals surface area contributed by atoms with Gasteiger partial charge in [-0.05, 0) is 43.2 Å². The molecule has 172 valence electrons. The van der Waals surface area contributed by atoms with E-state index in [0.29, 0.717) is 28.2 Å². The largest absolute Gasteiger partial charge is 0.321 e. The normalized spacial score (nSPS) is 19.9. The highest BCUT2D eigenvalue weighted by atomic mass is 15.3. The van der Waals surface area contributed by atoms with Gasteiger partial charge in [-0.25, -0.2) is 9.97 Å². The maximum Gasteiger partial charge on any atom is 0.166 e. The Morgan fingerprint density at radius 1 is 1.09 bits per heavy atom. The maximum atomic E-state index is 10.3. The number of fused-ring (bicyclic) bond motifs is 3. The van der Waals surface area contributed by atoms with Crippen molar-refractivity contribution in [3.8, 4) is 28.5 Å². The lowest BCUT2D eigenvalue weighted by Gasteiger charge is -2.25. The van der Waals surface area contributed by atoms with E-state index >= 15 is 0 Å². The van der Waals surface area contributed by atoms with Crippen LogP contribution in [-0.2, 0) is 5.54 Å². The van der Waals surface area contributed by atoms with Gasteiger partial charge in [-0.2, -0.15) is 14.9 Å². The molecule has 0 spiro atoms. The molecule has 6 rings (SSSR count). The summed E-state index contributed by atoms with van der Waals surface area (Å²) in [6.07, 6.45) is 4.88. The van der Waals surface area contributed by atoms with Gasteiger partial charge in [0.05, 0.1) is 22.3 Å². The molecule has 2 N–H and O–H groups in total. The third kappa shape index (κ3) is 3.48. The molecule has 0 bridgehead atoms. The average Bonchev–Trinajstić information content (AvgIpc) is 3.44. The van der Waals surface area contributed by atoms with Crippen LogP contribution < -0.4 is 5.73 Å². The molecule has 35 heavy (non-hydrogen) atoms. The second-order valence-corrected chi connectivity index (χ2v) is 9.82. The molecular formula is C29H26N6. The Morgan fingerprint density at radius 2 is 1.86 bits per heavy atom. The molecule has 0 aliphatic heterocycles. The zero-order chi connectivity index (χ0) is 24.2. The summed E-state index contributed by atoms with van der Waals surface area (Å²) in [6, 6.07) is 22.7. The Hall–Kier alpha value is -4.08. The highest BCUT2D eigenvalue weighted by Crippen LogP contribution is 2.41. The van der Waals surface area contributed by atoms with Crippen LogP contribution in [0.2, 0.25) is 0 Å². The summed E-state index contributed by atoms with van der Waals surface area (Å²) in [7, 11) is 0. The Labute approximate surface area is 204 Å². The van der Waals surface area contributed by atoms with Crippen molar-refractivity contribution in [3.05, 3.63) is 83.7 Å². The fourth-order valence-electron chi connectivity index (χ4n) is 5.50. The molecule has 0 radical (unpaired) electrons. The van der Waals surface area contributed by atoms with Gasteiger partial charge in [0.25, 0.3) is 0 Å². The second kappa shape index (κ2) is 8.00. The Balaban J connectivity index is 1.62. The van der Waals surface area contributed by atoms with E-state index in [1.165, 1.54) is 0 Å². The first-order chi connectivity index (χ1) is 17.0. The van der Waals surface area contributed by atoms with Crippen molar-refractivity contribution in [2.24, 2.45) is 11.7 Å². The van der Waals surface area contributed by atoms with Gasteiger partial charge in [-0.15, -0.1) is 0 Å². The fourth-order valence-corrected chi connectivity index (χ4v) is 5.50. The van der Waals surface area contributed by atoms with Crippen LogP contribution in [0.4, 0.5) is 0 Å². The molecule has 1 aliphatic carbocycles. The number of nitrogens with zero attached hydrogens (tertiary/aromatic N) is 5. The van der Waals surface area contributed by atoms with Gasteiger partial charge in [0.1, 0.15) is 6.07 Å². The summed E-state index contributed by atoms with van der Waals surface area (Å²) < 4.78 is 1.73. The Bertz CT molecular complexity index is 1610. The van der Waals surface area contributed by atoms with Crippen molar-refractivity contribution in [2.75, 3.05) is 0 Å². The lowest BCUT2D eigenvalue weighted by Crippen LogP contribution is -2.33. The van der Waals surface area contributed by atoms with Crippen molar-refractivity contribution < 1.29 is 0 Å². The zero-order valence-corrected chi connectivity index (χ0v) is 19.9. The number of nitriles is 1. The van der Waals surface area contributed by atoms with Crippen molar-refractivity contribution in [1.82, 2.24) is 19.6 Å². The molecule has 2 aromatic carbocycles. The lowest BCUT2D eigenvalue weighted by molar-refractivity contribution is 0.441. The van der Waals surface area contributed by atoms with Crippen LogP contribution in [0.25, 0.3) is 39.1 Å². The molecule has 1 saturated carbocycles. The average molecular weight is 459 g/mol. The third-order valence-electron chi connectivity index (χ3n) is 7.26. The Morgan fingerprint density at radius 3 is 2.54 bits per heavy atom. The predicted octanol–water partition coefficient (Wildman–Crippen LogP) is 5.77. The number of aryl methyl sites for hydroxylation is 1. The van der Waals surface area contributed by atoms with Crippen LogP contribution in [0.3, 0.4) is 0 Å². The first-order valence-corrected chi connectivity index (χ1v) is 12.0. The van der Waals surface area contributed by atoms with E-state index in [4.69, 9.17) is 10.7 Å². The zero-order valence-electron chi connectivity index (χ0n) is 19.9. The summed E-state index contributed by atoms with van der Waals surface area (Å²) in [5.74, 6) is 0.637. The van der Waals surface area contributed by atoms with Gasteiger partial charge in [-0.1, -0.05) is 61.5 Å². The highest BCUT2D eigenvalue weighted by Gasteiger charge is 2.35. The van der Waals surface area contributed by atoms with E-state index < -0.39 is 0 Å². The van der Waals surface area contributed by atoms with Crippen molar-refractivity contribution in [3.63, 3.8) is 0 Å². The van der Waals surface area contributed by atoms with Gasteiger partial charge in [0.15, 0.2) is 11.3 Å². The molecule has 2 atom stereocenters. The van der Waals surface area contributed by atoms with Crippen molar-refractivity contribution >= 4 is 16.7 Å². The van der Waals surface area contributed by atoms with Crippen LogP contribution in [-0.4, -0.2) is 19.6 Å². The molecule has 1 aliphatic rings. The van der Waals surface area contributed by atoms with Crippen LogP contribution in [0.15, 0.2) is 66.9 Å². The highest BCUT2D eigenvalue weighted by molar-refractivity contribution is 5.97. The van der Waals surface area contributed by atoms with E-state index in [1.54, 1.807) is 10.7 Å². The molecule has 3 heterocycles. The van der Waals surface area contributed by atoms with E-state index in [-0.39, 0.29) is 5.54 Å². The SMILES string of the molecule is Cc1cc2ncc3c(C#N)c(-c4ccccc4)c(-c4ccc([C@]5(N)CCC(C)C5)cc4)nc3n2n1. The van der Waals surface area contributed by atoms with Gasteiger partial charge >= 0.3 is 0 Å². The number of benzene rings is 2. The number of aromatic nitrogens is 4. The van der Waals surface area contributed by atoms with Gasteiger partial charge in [0, 0.05) is 28.9 Å². The standard InChI is InChI=1S/C29H26N6/c1-18-12-13-29(31,15-18)22-10-8-21(9-11-22)27-26(20-6-4-3-5-7-20)23(16-30)24-17-32-25-14-19(2)34-35(25)28(24)33-27/h3-11,14,17-18H,12-13,15,31H2,1-2H3/t18?,29-/m0/s1. The quantitative estimate of drug-likeness (QED) is 0.371. The number of hydrogen-bond acceptors (Lipinski definition) is 5. The fraction of sp³-hybridized carbons (Fsp3) is 0.241. The molecule has 1 fully saturated rings. The molecule has 0 amide bonds. The minimum Gasteiger partial charge on any atom is -0.321 e. The summed E-state index contributed by atoms with van der Waals surface area (Å²) >= 11 is 0. The summed E-state index contributed by atoms with van der Waals surface area (Å²) in [5.41, 5.74) is 13.8. The van der Waals surface area contributed by atoms with Crippen LogP contribution in [0.5, 0.6) is 0 Å². The minimum absolute atomic E-state index is 0.279. The van der Waals surface area contributed by atoms with E-state index in [1.807, 2.05) is 43.3 Å². The minimum atomic E-state index is -0.279. The summed E-state index contributed by atoms with van der Waals surface area (Å²) in [4.78, 5) is 9.65. The van der Waals surface area contributed by atoms with E-state index in [0.717, 1.165) is 52.9 Å². The number of hydrogen-bond donors (Lipinski definition) is 1. The molecule has 6 heteroatoms. The first kappa shape index (κ1) is 21.5. The molecule has 3 aromatic heterocycles. The van der Waals surface area contributed by atoms with Gasteiger partial charge in [-0.3, -0.25) is 0 Å².